The van der Waals surface area contributed by atoms with E-state index in [1.165, 1.54) is 0 Å². The summed E-state index contributed by atoms with van der Waals surface area (Å²) in [6.07, 6.45) is 3.24. The summed E-state index contributed by atoms with van der Waals surface area (Å²) in [7, 11) is 0. The fraction of sp³-hybridized carbons (Fsp3) is 0.929. The van der Waals surface area contributed by atoms with Crippen molar-refractivity contribution in [1.29, 1.82) is 0 Å². The number of nitrogens with zero attached hydrogens (tertiary/aromatic N) is 1. The average Bonchev–Trinajstić information content (AvgIpc) is 2.53. The van der Waals surface area contributed by atoms with Gasteiger partial charge in [-0.25, -0.2) is 4.79 Å². The van der Waals surface area contributed by atoms with E-state index in [4.69, 9.17) is 4.74 Å². The molecule has 112 valence electrons. The van der Waals surface area contributed by atoms with Gasteiger partial charge in [0.15, 0.2) is 0 Å². The minimum Gasteiger partial charge on any atom is -0.444 e. The zero-order valence-electron chi connectivity index (χ0n) is 12.4. The van der Waals surface area contributed by atoms with Gasteiger partial charge in [0, 0.05) is 19.1 Å². The second-order valence-corrected chi connectivity index (χ2v) is 6.09. The summed E-state index contributed by atoms with van der Waals surface area (Å²) >= 11 is 0. The number of carbonyl (C=O) groups is 1. The Kier molecular flexibility index (Phi) is 6.55. The molecule has 0 saturated carbocycles. The average molecular weight is 274 g/mol. The first kappa shape index (κ1) is 16.2. The van der Waals surface area contributed by atoms with Gasteiger partial charge in [-0.05, 0) is 53.0 Å². The highest BCUT2D eigenvalue weighted by Gasteiger charge is 2.24. The molecular weight excluding hydrogens is 247 g/mol. The molecule has 0 radical (unpaired) electrons. The molecule has 1 aliphatic rings. The number of hydrogen-bond donors (Lipinski definition) is 1. The summed E-state index contributed by atoms with van der Waals surface area (Å²) in [5, 5.41) is 3.35. The van der Waals surface area contributed by atoms with Gasteiger partial charge in [0.05, 0.1) is 6.67 Å². The Morgan fingerprint density at radius 1 is 1.37 bits per heavy atom. The van der Waals surface area contributed by atoms with E-state index in [9.17, 15) is 9.18 Å². The third kappa shape index (κ3) is 6.76. The Labute approximate surface area is 115 Å². The quantitative estimate of drug-likeness (QED) is 0.801. The maximum atomic E-state index is 12.0. The lowest BCUT2D eigenvalue weighted by Crippen LogP contribution is -2.38. The van der Waals surface area contributed by atoms with Crippen LogP contribution in [0, 0.1) is 0 Å². The van der Waals surface area contributed by atoms with Crippen molar-refractivity contribution >= 4 is 6.09 Å². The standard InChI is InChI=1S/C14H27FN2O2/c1-14(2,3)19-13(18)17-10-4-6-12(7-11-17)16-9-5-8-15/h12,16H,4-11H2,1-3H3/t12-/m1/s1. The highest BCUT2D eigenvalue weighted by molar-refractivity contribution is 5.68. The Bertz CT molecular complexity index is 279. The van der Waals surface area contributed by atoms with Crippen molar-refractivity contribution in [3.63, 3.8) is 0 Å². The lowest BCUT2D eigenvalue weighted by molar-refractivity contribution is 0.0256. The molecule has 0 aromatic carbocycles. The summed E-state index contributed by atoms with van der Waals surface area (Å²) in [4.78, 5) is 13.7. The van der Waals surface area contributed by atoms with Crippen LogP contribution in [-0.2, 0) is 4.74 Å². The predicted molar refractivity (Wildman–Crippen MR) is 74.0 cm³/mol. The summed E-state index contributed by atoms with van der Waals surface area (Å²) in [6.45, 7) is 7.54. The van der Waals surface area contributed by atoms with E-state index in [0.717, 1.165) is 25.8 Å². The summed E-state index contributed by atoms with van der Waals surface area (Å²) < 4.78 is 17.4. The van der Waals surface area contributed by atoms with Crippen molar-refractivity contribution in [2.24, 2.45) is 0 Å². The largest absolute Gasteiger partial charge is 0.444 e. The van der Waals surface area contributed by atoms with Crippen molar-refractivity contribution in [3.05, 3.63) is 0 Å². The van der Waals surface area contributed by atoms with Gasteiger partial charge in [0.2, 0.25) is 0 Å². The number of nitrogens with one attached hydrogen (secondary N) is 1. The van der Waals surface area contributed by atoms with Gasteiger partial charge >= 0.3 is 6.09 Å². The molecule has 5 heteroatoms. The van der Waals surface area contributed by atoms with Crippen LogP contribution in [0.1, 0.15) is 46.5 Å². The molecule has 0 aliphatic carbocycles. The number of alkyl halides is 1. The topological polar surface area (TPSA) is 41.6 Å². The molecule has 1 N–H and O–H groups in total. The number of rotatable bonds is 4. The predicted octanol–water partition coefficient (Wildman–Crippen LogP) is 2.73. The number of ether oxygens (including phenoxy) is 1. The number of carbonyl (C=O) groups excluding carboxylic acids is 1. The SMILES string of the molecule is CC(C)(C)OC(=O)N1CCC[C@@H](NCCCF)CC1. The van der Waals surface area contributed by atoms with Gasteiger partial charge in [-0.15, -0.1) is 0 Å². The van der Waals surface area contributed by atoms with Gasteiger partial charge < -0.3 is 15.0 Å². The Hall–Kier alpha value is -0.840. The van der Waals surface area contributed by atoms with Crippen molar-refractivity contribution < 1.29 is 13.9 Å². The van der Waals surface area contributed by atoms with E-state index in [2.05, 4.69) is 5.32 Å². The van der Waals surface area contributed by atoms with Crippen molar-refractivity contribution in [3.8, 4) is 0 Å². The normalized spacial score (nSPS) is 21.1. The Morgan fingerprint density at radius 3 is 2.74 bits per heavy atom. The molecule has 19 heavy (non-hydrogen) atoms. The molecule has 0 bridgehead atoms. The molecular formula is C14H27FN2O2. The maximum absolute atomic E-state index is 12.0. The van der Waals surface area contributed by atoms with Crippen molar-refractivity contribution in [2.75, 3.05) is 26.3 Å². The van der Waals surface area contributed by atoms with Gasteiger partial charge in [-0.1, -0.05) is 0 Å². The summed E-state index contributed by atoms with van der Waals surface area (Å²) in [6, 6.07) is 0.388. The smallest absolute Gasteiger partial charge is 0.410 e. The van der Waals surface area contributed by atoms with Crippen LogP contribution in [0.2, 0.25) is 0 Å². The minimum atomic E-state index is -0.442. The van der Waals surface area contributed by atoms with E-state index >= 15 is 0 Å². The molecule has 1 heterocycles. The third-order valence-electron chi connectivity index (χ3n) is 3.12. The minimum absolute atomic E-state index is 0.225. The first-order valence-electron chi connectivity index (χ1n) is 7.19. The van der Waals surface area contributed by atoms with Crippen LogP contribution in [0.3, 0.4) is 0 Å². The van der Waals surface area contributed by atoms with E-state index in [1.54, 1.807) is 4.90 Å². The zero-order chi connectivity index (χ0) is 14.3. The number of amides is 1. The number of likely N-dealkylation sites (tertiary alicyclic amines) is 1. The third-order valence-corrected chi connectivity index (χ3v) is 3.12. The molecule has 1 saturated heterocycles. The van der Waals surface area contributed by atoms with Crippen LogP contribution in [-0.4, -0.2) is 48.9 Å². The van der Waals surface area contributed by atoms with E-state index in [0.29, 0.717) is 25.6 Å². The van der Waals surface area contributed by atoms with Crippen LogP contribution >= 0.6 is 0 Å². The molecule has 1 fully saturated rings. The molecule has 1 aliphatic heterocycles. The molecule has 1 rings (SSSR count). The molecule has 1 atom stereocenters. The second-order valence-electron chi connectivity index (χ2n) is 6.09. The molecule has 0 aromatic rings. The second kappa shape index (κ2) is 7.68. The molecule has 0 spiro atoms. The van der Waals surface area contributed by atoms with Gasteiger partial charge in [0.25, 0.3) is 0 Å². The van der Waals surface area contributed by atoms with Crippen LogP contribution in [0.15, 0.2) is 0 Å². The Morgan fingerprint density at radius 2 is 2.11 bits per heavy atom. The Balaban J connectivity index is 2.34. The first-order chi connectivity index (χ1) is 8.92. The fourth-order valence-electron chi connectivity index (χ4n) is 2.18. The summed E-state index contributed by atoms with van der Waals surface area (Å²) in [5.41, 5.74) is -0.442. The number of hydrogen-bond acceptors (Lipinski definition) is 3. The molecule has 0 aromatic heterocycles. The monoisotopic (exact) mass is 274 g/mol. The van der Waals surface area contributed by atoms with Crippen molar-refractivity contribution in [1.82, 2.24) is 10.2 Å². The lowest BCUT2D eigenvalue weighted by Gasteiger charge is -2.26. The van der Waals surface area contributed by atoms with Crippen LogP contribution in [0.5, 0.6) is 0 Å². The van der Waals surface area contributed by atoms with Gasteiger partial charge in [-0.3, -0.25) is 4.39 Å². The zero-order valence-corrected chi connectivity index (χ0v) is 12.4. The van der Waals surface area contributed by atoms with Crippen LogP contribution in [0.4, 0.5) is 9.18 Å². The van der Waals surface area contributed by atoms with Crippen molar-refractivity contribution in [2.45, 2.75) is 58.1 Å². The summed E-state index contributed by atoms with van der Waals surface area (Å²) in [5.74, 6) is 0. The molecule has 1 amide bonds. The van der Waals surface area contributed by atoms with Crippen LogP contribution in [0.25, 0.3) is 0 Å². The van der Waals surface area contributed by atoms with Gasteiger partial charge in [0.1, 0.15) is 5.60 Å². The highest BCUT2D eigenvalue weighted by atomic mass is 19.1. The lowest BCUT2D eigenvalue weighted by atomic mass is 10.1. The first-order valence-corrected chi connectivity index (χ1v) is 7.19. The van der Waals surface area contributed by atoms with Crippen LogP contribution < -0.4 is 5.32 Å². The van der Waals surface area contributed by atoms with E-state index < -0.39 is 5.60 Å². The molecule has 0 unspecified atom stereocenters. The van der Waals surface area contributed by atoms with E-state index in [-0.39, 0.29) is 12.8 Å². The van der Waals surface area contributed by atoms with E-state index in [1.807, 2.05) is 20.8 Å². The highest BCUT2D eigenvalue weighted by Crippen LogP contribution is 2.15. The van der Waals surface area contributed by atoms with Gasteiger partial charge in [-0.2, -0.15) is 0 Å². The number of halogens is 1. The fourth-order valence-corrected chi connectivity index (χ4v) is 2.18. The molecule has 4 nitrogen and oxygen atoms in total. The maximum Gasteiger partial charge on any atom is 0.410 e.